The molecule has 19 heavy (non-hydrogen) atoms. The highest BCUT2D eigenvalue weighted by Crippen LogP contribution is 2.22. The van der Waals surface area contributed by atoms with Crippen LogP contribution in [0.2, 0.25) is 0 Å². The molecular weight excluding hydrogens is 234 g/mol. The lowest BCUT2D eigenvalue weighted by Crippen LogP contribution is -2.22. The molecule has 2 heteroatoms. The predicted octanol–water partition coefficient (Wildman–Crippen LogP) is 3.69. The van der Waals surface area contributed by atoms with E-state index in [4.69, 9.17) is 4.74 Å². The molecule has 1 aliphatic rings. The molecule has 1 aliphatic heterocycles. The van der Waals surface area contributed by atoms with E-state index in [1.165, 1.54) is 35.1 Å². The lowest BCUT2D eigenvalue weighted by atomic mass is 9.96. The summed E-state index contributed by atoms with van der Waals surface area (Å²) in [7, 11) is 0. The molecule has 1 aromatic rings. The Morgan fingerprint density at radius 2 is 1.95 bits per heavy atom. The zero-order valence-corrected chi connectivity index (χ0v) is 12.8. The maximum Gasteiger partial charge on any atom is 0.0495 e. The zero-order valence-electron chi connectivity index (χ0n) is 12.8. The van der Waals surface area contributed by atoms with Crippen molar-refractivity contribution in [3.05, 3.63) is 34.4 Å². The van der Waals surface area contributed by atoms with Gasteiger partial charge in [0.1, 0.15) is 0 Å². The summed E-state index contributed by atoms with van der Waals surface area (Å²) in [5.74, 6) is 0.764. The summed E-state index contributed by atoms with van der Waals surface area (Å²) in [5, 5.41) is 3.66. The van der Waals surface area contributed by atoms with Crippen LogP contribution in [0.1, 0.15) is 48.1 Å². The summed E-state index contributed by atoms with van der Waals surface area (Å²) in [6.07, 6.45) is 2.47. The molecule has 2 nitrogen and oxygen atoms in total. The first-order valence-electron chi connectivity index (χ1n) is 7.47. The standard InChI is InChI=1S/C17H27NO/c1-12-9-14(3)17(10-13(12)2)15(4)18-7-5-16-6-8-19-11-16/h9-10,15-16,18H,5-8,11H2,1-4H3. The Bertz CT molecular complexity index is 422. The monoisotopic (exact) mass is 261 g/mol. The number of hydrogen-bond acceptors (Lipinski definition) is 2. The fraction of sp³-hybridized carbons (Fsp3) is 0.647. The third-order valence-corrected chi connectivity index (χ3v) is 4.38. The minimum atomic E-state index is 0.432. The molecule has 1 aromatic carbocycles. The maximum absolute atomic E-state index is 5.42. The second-order valence-corrected chi connectivity index (χ2v) is 5.99. The Morgan fingerprint density at radius 3 is 2.63 bits per heavy atom. The van der Waals surface area contributed by atoms with Crippen LogP contribution in [-0.4, -0.2) is 19.8 Å². The summed E-state index contributed by atoms with van der Waals surface area (Å²) < 4.78 is 5.42. The van der Waals surface area contributed by atoms with Gasteiger partial charge in [-0.1, -0.05) is 12.1 Å². The van der Waals surface area contributed by atoms with Gasteiger partial charge in [-0.05, 0) is 75.3 Å². The molecule has 1 N–H and O–H groups in total. The summed E-state index contributed by atoms with van der Waals surface area (Å²) in [4.78, 5) is 0. The molecule has 1 saturated heterocycles. The summed E-state index contributed by atoms with van der Waals surface area (Å²) in [6, 6.07) is 5.07. The summed E-state index contributed by atoms with van der Waals surface area (Å²) in [5.41, 5.74) is 5.60. The van der Waals surface area contributed by atoms with Crippen molar-refractivity contribution < 1.29 is 4.74 Å². The van der Waals surface area contributed by atoms with Crippen molar-refractivity contribution >= 4 is 0 Å². The lowest BCUT2D eigenvalue weighted by Gasteiger charge is -2.19. The predicted molar refractivity (Wildman–Crippen MR) is 80.6 cm³/mol. The molecule has 0 aromatic heterocycles. The van der Waals surface area contributed by atoms with Gasteiger partial charge in [0.15, 0.2) is 0 Å². The molecule has 0 bridgehead atoms. The quantitative estimate of drug-likeness (QED) is 0.873. The highest BCUT2D eigenvalue weighted by Gasteiger charge is 2.16. The average molecular weight is 261 g/mol. The molecule has 1 heterocycles. The van der Waals surface area contributed by atoms with E-state index in [-0.39, 0.29) is 0 Å². The molecule has 1 fully saturated rings. The molecule has 0 amide bonds. The van der Waals surface area contributed by atoms with Crippen molar-refractivity contribution in [1.29, 1.82) is 0 Å². The van der Waals surface area contributed by atoms with Crippen LogP contribution >= 0.6 is 0 Å². The van der Waals surface area contributed by atoms with Crippen molar-refractivity contribution in [1.82, 2.24) is 5.32 Å². The van der Waals surface area contributed by atoms with Crippen LogP contribution in [-0.2, 0) is 4.74 Å². The fourth-order valence-electron chi connectivity index (χ4n) is 2.87. The molecule has 0 spiro atoms. The van der Waals surface area contributed by atoms with Gasteiger partial charge in [-0.2, -0.15) is 0 Å². The molecule has 2 rings (SSSR count). The van der Waals surface area contributed by atoms with Gasteiger partial charge >= 0.3 is 0 Å². The Labute approximate surface area is 117 Å². The SMILES string of the molecule is Cc1cc(C)c(C(C)NCCC2CCOC2)cc1C. The van der Waals surface area contributed by atoms with Crippen molar-refractivity contribution in [2.24, 2.45) is 5.92 Å². The zero-order chi connectivity index (χ0) is 13.8. The smallest absolute Gasteiger partial charge is 0.0495 e. The molecule has 2 unspecified atom stereocenters. The van der Waals surface area contributed by atoms with Gasteiger partial charge < -0.3 is 10.1 Å². The Morgan fingerprint density at radius 1 is 1.21 bits per heavy atom. The number of aryl methyl sites for hydroxylation is 3. The minimum absolute atomic E-state index is 0.432. The number of hydrogen-bond donors (Lipinski definition) is 1. The lowest BCUT2D eigenvalue weighted by molar-refractivity contribution is 0.184. The van der Waals surface area contributed by atoms with Crippen molar-refractivity contribution in [3.63, 3.8) is 0 Å². The Balaban J connectivity index is 1.88. The largest absolute Gasteiger partial charge is 0.381 e. The van der Waals surface area contributed by atoms with Gasteiger partial charge in [-0.15, -0.1) is 0 Å². The van der Waals surface area contributed by atoms with E-state index < -0.39 is 0 Å². The van der Waals surface area contributed by atoms with Crippen molar-refractivity contribution in [2.75, 3.05) is 19.8 Å². The maximum atomic E-state index is 5.42. The van der Waals surface area contributed by atoms with Gasteiger partial charge in [0.25, 0.3) is 0 Å². The van der Waals surface area contributed by atoms with Gasteiger partial charge in [0, 0.05) is 19.3 Å². The van der Waals surface area contributed by atoms with Gasteiger partial charge in [0.2, 0.25) is 0 Å². The van der Waals surface area contributed by atoms with Crippen LogP contribution in [0.25, 0.3) is 0 Å². The van der Waals surface area contributed by atoms with E-state index in [0.717, 1.165) is 25.7 Å². The van der Waals surface area contributed by atoms with Crippen LogP contribution in [0.15, 0.2) is 12.1 Å². The van der Waals surface area contributed by atoms with Crippen molar-refractivity contribution in [2.45, 2.75) is 46.6 Å². The second kappa shape index (κ2) is 6.53. The highest BCUT2D eigenvalue weighted by molar-refractivity contribution is 5.37. The Hall–Kier alpha value is -0.860. The topological polar surface area (TPSA) is 21.3 Å². The van der Waals surface area contributed by atoms with Gasteiger partial charge in [0.05, 0.1) is 0 Å². The van der Waals surface area contributed by atoms with E-state index >= 15 is 0 Å². The molecule has 0 saturated carbocycles. The number of benzene rings is 1. The van der Waals surface area contributed by atoms with E-state index in [0.29, 0.717) is 6.04 Å². The average Bonchev–Trinajstić information content (AvgIpc) is 2.86. The summed E-state index contributed by atoms with van der Waals surface area (Å²) >= 11 is 0. The third kappa shape index (κ3) is 3.80. The van der Waals surface area contributed by atoms with Crippen LogP contribution in [0.3, 0.4) is 0 Å². The Kier molecular flexibility index (Phi) is 5.00. The summed E-state index contributed by atoms with van der Waals surface area (Å²) in [6.45, 7) is 11.9. The molecule has 106 valence electrons. The van der Waals surface area contributed by atoms with Crippen LogP contribution in [0, 0.1) is 26.7 Å². The van der Waals surface area contributed by atoms with E-state index in [1.54, 1.807) is 0 Å². The number of nitrogens with one attached hydrogen (secondary N) is 1. The van der Waals surface area contributed by atoms with Gasteiger partial charge in [-0.3, -0.25) is 0 Å². The van der Waals surface area contributed by atoms with E-state index in [1.807, 2.05) is 0 Å². The fourth-order valence-corrected chi connectivity index (χ4v) is 2.87. The highest BCUT2D eigenvalue weighted by atomic mass is 16.5. The normalized spacial score (nSPS) is 20.7. The van der Waals surface area contributed by atoms with E-state index in [9.17, 15) is 0 Å². The molecular formula is C17H27NO. The van der Waals surface area contributed by atoms with E-state index in [2.05, 4.69) is 45.1 Å². The van der Waals surface area contributed by atoms with Gasteiger partial charge in [-0.25, -0.2) is 0 Å². The number of rotatable bonds is 5. The number of ether oxygens (including phenoxy) is 1. The van der Waals surface area contributed by atoms with Crippen LogP contribution < -0.4 is 5.32 Å². The first-order chi connectivity index (χ1) is 9.08. The molecule has 2 atom stereocenters. The van der Waals surface area contributed by atoms with Crippen molar-refractivity contribution in [3.8, 4) is 0 Å². The first kappa shape index (κ1) is 14.5. The molecule has 0 radical (unpaired) electrons. The third-order valence-electron chi connectivity index (χ3n) is 4.38. The molecule has 0 aliphatic carbocycles. The second-order valence-electron chi connectivity index (χ2n) is 5.99. The first-order valence-corrected chi connectivity index (χ1v) is 7.47. The van der Waals surface area contributed by atoms with Crippen LogP contribution in [0.4, 0.5) is 0 Å². The van der Waals surface area contributed by atoms with Crippen LogP contribution in [0.5, 0.6) is 0 Å². The minimum Gasteiger partial charge on any atom is -0.381 e.